The molecule has 0 heterocycles. The Hall–Kier alpha value is -2.60. The smallest absolute Gasteiger partial charge is 0.258 e. The molecular formula is C18H21FN2O3. The van der Waals surface area contributed by atoms with Crippen molar-refractivity contribution in [2.24, 2.45) is 0 Å². The Bertz CT molecular complexity index is 732. The molecule has 0 spiro atoms. The molecule has 0 saturated carbocycles. The van der Waals surface area contributed by atoms with Crippen molar-refractivity contribution in [2.75, 3.05) is 32.6 Å². The molecule has 0 radical (unpaired) electrons. The fraction of sp³-hybridized carbons (Fsp3) is 0.278. The van der Waals surface area contributed by atoms with Gasteiger partial charge < -0.3 is 20.1 Å². The number of halogens is 1. The zero-order valence-electron chi connectivity index (χ0n) is 14.0. The van der Waals surface area contributed by atoms with Crippen molar-refractivity contribution in [3.8, 4) is 11.5 Å². The molecule has 1 amide bonds. The lowest BCUT2D eigenvalue weighted by atomic mass is 10.1. The summed E-state index contributed by atoms with van der Waals surface area (Å²) in [7, 11) is 3.94. The number of amides is 1. The average molecular weight is 332 g/mol. The SMILES string of the molecule is Cc1cc(OCCN(C)C)ccc1NC(=O)c1ccc(O)cc1F. The summed E-state index contributed by atoms with van der Waals surface area (Å²) in [6.45, 7) is 3.20. The lowest BCUT2D eigenvalue weighted by Crippen LogP contribution is -2.19. The van der Waals surface area contributed by atoms with Gasteiger partial charge in [0.15, 0.2) is 0 Å². The Morgan fingerprint density at radius 2 is 2.00 bits per heavy atom. The van der Waals surface area contributed by atoms with Gasteiger partial charge in [0.2, 0.25) is 0 Å². The summed E-state index contributed by atoms with van der Waals surface area (Å²) < 4.78 is 19.4. The van der Waals surface area contributed by atoms with Crippen LogP contribution in [0.4, 0.5) is 10.1 Å². The molecule has 2 N–H and O–H groups in total. The molecule has 0 bridgehead atoms. The van der Waals surface area contributed by atoms with E-state index in [1.165, 1.54) is 12.1 Å². The molecule has 0 saturated heterocycles. The van der Waals surface area contributed by atoms with Crippen molar-refractivity contribution in [3.63, 3.8) is 0 Å². The number of rotatable bonds is 6. The van der Waals surface area contributed by atoms with E-state index in [9.17, 15) is 14.3 Å². The molecular weight excluding hydrogens is 311 g/mol. The third kappa shape index (κ3) is 4.70. The number of hydrogen-bond donors (Lipinski definition) is 2. The first-order valence-corrected chi connectivity index (χ1v) is 7.55. The summed E-state index contributed by atoms with van der Waals surface area (Å²) >= 11 is 0. The molecule has 0 aliphatic carbocycles. The number of benzene rings is 2. The van der Waals surface area contributed by atoms with E-state index >= 15 is 0 Å². The zero-order valence-corrected chi connectivity index (χ0v) is 14.0. The molecule has 2 rings (SSSR count). The number of carbonyl (C=O) groups excluding carboxylic acids is 1. The van der Waals surface area contributed by atoms with Crippen LogP contribution in [0.3, 0.4) is 0 Å². The highest BCUT2D eigenvalue weighted by Gasteiger charge is 2.13. The second kappa shape index (κ2) is 7.79. The van der Waals surface area contributed by atoms with Gasteiger partial charge >= 0.3 is 0 Å². The van der Waals surface area contributed by atoms with Crippen LogP contribution in [-0.4, -0.2) is 43.2 Å². The molecule has 2 aromatic carbocycles. The minimum atomic E-state index is -0.770. The second-order valence-corrected chi connectivity index (χ2v) is 5.75. The first-order valence-electron chi connectivity index (χ1n) is 7.55. The Morgan fingerprint density at radius 1 is 1.25 bits per heavy atom. The van der Waals surface area contributed by atoms with E-state index < -0.39 is 11.7 Å². The van der Waals surface area contributed by atoms with E-state index in [2.05, 4.69) is 5.32 Å². The number of carbonyl (C=O) groups is 1. The summed E-state index contributed by atoms with van der Waals surface area (Å²) in [6, 6.07) is 8.71. The fourth-order valence-corrected chi connectivity index (χ4v) is 2.09. The van der Waals surface area contributed by atoms with E-state index in [0.29, 0.717) is 18.0 Å². The third-order valence-electron chi connectivity index (χ3n) is 3.45. The van der Waals surface area contributed by atoms with Gasteiger partial charge in [0.25, 0.3) is 5.91 Å². The van der Waals surface area contributed by atoms with Gasteiger partial charge in [-0.2, -0.15) is 0 Å². The molecule has 0 aromatic heterocycles. The van der Waals surface area contributed by atoms with Crippen LogP contribution in [0.1, 0.15) is 15.9 Å². The molecule has 0 aliphatic heterocycles. The minimum Gasteiger partial charge on any atom is -0.508 e. The maximum atomic E-state index is 13.7. The van der Waals surface area contributed by atoms with Gasteiger partial charge in [0, 0.05) is 18.3 Å². The van der Waals surface area contributed by atoms with Gasteiger partial charge in [-0.3, -0.25) is 4.79 Å². The normalized spacial score (nSPS) is 10.7. The number of hydrogen-bond acceptors (Lipinski definition) is 4. The Balaban J connectivity index is 2.05. The first kappa shape index (κ1) is 17.7. The van der Waals surface area contributed by atoms with Gasteiger partial charge in [-0.05, 0) is 56.9 Å². The van der Waals surface area contributed by atoms with Crippen molar-refractivity contribution >= 4 is 11.6 Å². The number of aromatic hydroxyl groups is 1. The molecule has 128 valence electrons. The van der Waals surface area contributed by atoms with Gasteiger partial charge in [0.1, 0.15) is 23.9 Å². The van der Waals surface area contributed by atoms with Crippen molar-refractivity contribution in [1.29, 1.82) is 0 Å². The van der Waals surface area contributed by atoms with E-state index in [-0.39, 0.29) is 11.3 Å². The summed E-state index contributed by atoms with van der Waals surface area (Å²) in [6.07, 6.45) is 0. The van der Waals surface area contributed by atoms with Crippen LogP contribution in [0.5, 0.6) is 11.5 Å². The monoisotopic (exact) mass is 332 g/mol. The Labute approximate surface area is 140 Å². The highest BCUT2D eigenvalue weighted by molar-refractivity contribution is 6.04. The lowest BCUT2D eigenvalue weighted by molar-refractivity contribution is 0.102. The van der Waals surface area contributed by atoms with Crippen LogP contribution in [0.25, 0.3) is 0 Å². The van der Waals surface area contributed by atoms with Crippen LogP contribution in [0.2, 0.25) is 0 Å². The number of anilines is 1. The number of phenolic OH excluding ortho intramolecular Hbond substituents is 1. The van der Waals surface area contributed by atoms with Crippen LogP contribution in [0, 0.1) is 12.7 Å². The van der Waals surface area contributed by atoms with Crippen molar-refractivity contribution < 1.29 is 19.0 Å². The molecule has 0 fully saturated rings. The highest BCUT2D eigenvalue weighted by atomic mass is 19.1. The second-order valence-electron chi connectivity index (χ2n) is 5.75. The summed E-state index contributed by atoms with van der Waals surface area (Å²) in [4.78, 5) is 14.2. The number of ether oxygens (including phenoxy) is 1. The van der Waals surface area contributed by atoms with E-state index in [1.54, 1.807) is 12.1 Å². The van der Waals surface area contributed by atoms with Crippen molar-refractivity contribution in [3.05, 3.63) is 53.3 Å². The molecule has 24 heavy (non-hydrogen) atoms. The molecule has 2 aromatic rings. The number of phenols is 1. The zero-order chi connectivity index (χ0) is 17.7. The molecule has 5 nitrogen and oxygen atoms in total. The average Bonchev–Trinajstić information content (AvgIpc) is 2.49. The highest BCUT2D eigenvalue weighted by Crippen LogP contribution is 2.23. The van der Waals surface area contributed by atoms with E-state index in [1.807, 2.05) is 32.0 Å². The molecule has 0 aliphatic rings. The number of nitrogens with zero attached hydrogens (tertiary/aromatic N) is 1. The Morgan fingerprint density at radius 3 is 2.62 bits per heavy atom. The van der Waals surface area contributed by atoms with Gasteiger partial charge in [-0.25, -0.2) is 4.39 Å². The molecule has 0 atom stereocenters. The van der Waals surface area contributed by atoms with Crippen LogP contribution in [0.15, 0.2) is 36.4 Å². The van der Waals surface area contributed by atoms with Gasteiger partial charge in [0.05, 0.1) is 5.56 Å². The predicted octanol–water partition coefficient (Wildman–Crippen LogP) is 3.03. The summed E-state index contributed by atoms with van der Waals surface area (Å²) in [5, 5.41) is 11.9. The van der Waals surface area contributed by atoms with Crippen LogP contribution < -0.4 is 10.1 Å². The topological polar surface area (TPSA) is 61.8 Å². The maximum Gasteiger partial charge on any atom is 0.258 e. The lowest BCUT2D eigenvalue weighted by Gasteiger charge is -2.13. The summed E-state index contributed by atoms with van der Waals surface area (Å²) in [5.41, 5.74) is 1.26. The van der Waals surface area contributed by atoms with Crippen LogP contribution in [-0.2, 0) is 0 Å². The van der Waals surface area contributed by atoms with Gasteiger partial charge in [-0.1, -0.05) is 0 Å². The molecule has 0 unspecified atom stereocenters. The maximum absolute atomic E-state index is 13.7. The van der Waals surface area contributed by atoms with Crippen LogP contribution >= 0.6 is 0 Å². The fourth-order valence-electron chi connectivity index (χ4n) is 2.09. The predicted molar refractivity (Wildman–Crippen MR) is 91.2 cm³/mol. The van der Waals surface area contributed by atoms with Gasteiger partial charge in [-0.15, -0.1) is 0 Å². The quantitative estimate of drug-likeness (QED) is 0.853. The standard InChI is InChI=1S/C18H21FN2O3/c1-12-10-14(24-9-8-21(2)3)5-7-17(12)20-18(23)15-6-4-13(22)11-16(15)19/h4-7,10-11,22H,8-9H2,1-3H3,(H,20,23). The first-order chi connectivity index (χ1) is 11.4. The third-order valence-corrected chi connectivity index (χ3v) is 3.45. The van der Waals surface area contributed by atoms with Crippen molar-refractivity contribution in [2.45, 2.75) is 6.92 Å². The molecule has 6 heteroatoms. The Kier molecular flexibility index (Phi) is 5.76. The minimum absolute atomic E-state index is 0.126. The number of likely N-dealkylation sites (N-methyl/N-ethyl adjacent to an activating group) is 1. The number of nitrogens with one attached hydrogen (secondary N) is 1. The van der Waals surface area contributed by atoms with E-state index in [0.717, 1.165) is 18.2 Å². The largest absolute Gasteiger partial charge is 0.508 e. The number of aryl methyl sites for hydroxylation is 1. The van der Waals surface area contributed by atoms with Crippen molar-refractivity contribution in [1.82, 2.24) is 4.90 Å². The van der Waals surface area contributed by atoms with E-state index in [4.69, 9.17) is 4.74 Å². The summed E-state index contributed by atoms with van der Waals surface area (Å²) in [5.74, 6) is -0.853.